The number of esters is 1. The molecule has 0 bridgehead atoms. The van der Waals surface area contributed by atoms with Gasteiger partial charge in [0.15, 0.2) is 0 Å². The molecule has 2 aliphatic rings. The third-order valence-corrected chi connectivity index (χ3v) is 4.64. The second-order valence-corrected chi connectivity index (χ2v) is 5.98. The molecule has 0 N–H and O–H groups in total. The molecular formula is C17H26O3. The van der Waals surface area contributed by atoms with Crippen LogP contribution >= 0.6 is 0 Å². The van der Waals surface area contributed by atoms with Gasteiger partial charge >= 0.3 is 5.97 Å². The molecule has 0 aromatic carbocycles. The first-order chi connectivity index (χ1) is 9.72. The van der Waals surface area contributed by atoms with Crippen molar-refractivity contribution in [2.24, 2.45) is 11.8 Å². The fourth-order valence-electron chi connectivity index (χ4n) is 3.59. The molecule has 0 radical (unpaired) electrons. The van der Waals surface area contributed by atoms with Crippen LogP contribution in [0.4, 0.5) is 0 Å². The van der Waals surface area contributed by atoms with Crippen molar-refractivity contribution in [3.8, 4) is 0 Å². The summed E-state index contributed by atoms with van der Waals surface area (Å²) in [6, 6.07) is 0. The Hall–Kier alpha value is -1.25. The maximum Gasteiger partial charge on any atom is 0.305 e. The molecule has 1 fully saturated rings. The number of methoxy groups -OCH3 is 1. The number of allylic oxidation sites excluding steroid dienone is 1. The summed E-state index contributed by atoms with van der Waals surface area (Å²) in [4.78, 5) is 11.1. The molecule has 0 aliphatic heterocycles. The summed E-state index contributed by atoms with van der Waals surface area (Å²) in [5.41, 5.74) is 1.60. The highest BCUT2D eigenvalue weighted by Crippen LogP contribution is 2.42. The van der Waals surface area contributed by atoms with Crippen LogP contribution in [0.2, 0.25) is 0 Å². The van der Waals surface area contributed by atoms with E-state index in [2.05, 4.69) is 17.4 Å². The Balaban J connectivity index is 1.67. The van der Waals surface area contributed by atoms with E-state index in [4.69, 9.17) is 4.74 Å². The van der Waals surface area contributed by atoms with Crippen LogP contribution in [0.1, 0.15) is 51.4 Å². The van der Waals surface area contributed by atoms with Crippen molar-refractivity contribution >= 4 is 5.97 Å². The van der Waals surface area contributed by atoms with Crippen LogP contribution in [0.15, 0.2) is 24.5 Å². The maximum absolute atomic E-state index is 11.1. The fourth-order valence-corrected chi connectivity index (χ4v) is 3.59. The van der Waals surface area contributed by atoms with E-state index in [1.54, 1.807) is 11.8 Å². The number of carbonyl (C=O) groups is 1. The van der Waals surface area contributed by atoms with Crippen molar-refractivity contribution in [2.45, 2.75) is 57.5 Å². The van der Waals surface area contributed by atoms with E-state index in [0.29, 0.717) is 6.42 Å². The van der Waals surface area contributed by atoms with Gasteiger partial charge in [-0.15, -0.1) is 0 Å². The quantitative estimate of drug-likeness (QED) is 0.306. The van der Waals surface area contributed by atoms with Gasteiger partial charge in [0.2, 0.25) is 0 Å². The predicted molar refractivity (Wildman–Crippen MR) is 79.1 cm³/mol. The number of hydrogen-bond donors (Lipinski definition) is 0. The highest BCUT2D eigenvalue weighted by Gasteiger charge is 2.32. The zero-order valence-electron chi connectivity index (χ0n) is 12.5. The molecule has 0 saturated heterocycles. The van der Waals surface area contributed by atoms with Gasteiger partial charge in [0.25, 0.3) is 0 Å². The van der Waals surface area contributed by atoms with Crippen LogP contribution in [0.25, 0.3) is 0 Å². The van der Waals surface area contributed by atoms with Crippen molar-refractivity contribution in [1.29, 1.82) is 0 Å². The van der Waals surface area contributed by atoms with E-state index in [-0.39, 0.29) is 12.1 Å². The Morgan fingerprint density at radius 2 is 2.30 bits per heavy atom. The third kappa shape index (κ3) is 4.12. The standard InChI is InChI=1S/C17H26O3/c1-3-20-16-11-14-9-8-13(10-15(14)12-16)6-4-5-7-17(18)19-2/h3,11,13,15-16H,1,4-10,12H2,2H3/t13-,15+,16+/m1/s1. The van der Waals surface area contributed by atoms with Gasteiger partial charge in [0.05, 0.1) is 13.4 Å². The Morgan fingerprint density at radius 3 is 3.05 bits per heavy atom. The average molecular weight is 278 g/mol. The van der Waals surface area contributed by atoms with Gasteiger partial charge in [-0.25, -0.2) is 0 Å². The average Bonchev–Trinajstić information content (AvgIpc) is 2.85. The van der Waals surface area contributed by atoms with E-state index in [0.717, 1.165) is 31.1 Å². The monoisotopic (exact) mass is 278 g/mol. The van der Waals surface area contributed by atoms with E-state index < -0.39 is 0 Å². The molecule has 2 aliphatic carbocycles. The minimum Gasteiger partial charge on any atom is -0.495 e. The summed E-state index contributed by atoms with van der Waals surface area (Å²) in [5.74, 6) is 1.45. The minimum atomic E-state index is -0.0842. The Bertz CT molecular complexity index is 372. The molecule has 0 heterocycles. The van der Waals surface area contributed by atoms with Gasteiger partial charge in [-0.3, -0.25) is 4.79 Å². The van der Waals surface area contributed by atoms with E-state index in [1.807, 2.05) is 0 Å². The molecule has 3 atom stereocenters. The fraction of sp³-hybridized carbons (Fsp3) is 0.706. The van der Waals surface area contributed by atoms with Gasteiger partial charge in [-0.05, 0) is 50.0 Å². The second kappa shape index (κ2) is 7.51. The second-order valence-electron chi connectivity index (χ2n) is 5.98. The van der Waals surface area contributed by atoms with E-state index in [9.17, 15) is 4.79 Å². The largest absolute Gasteiger partial charge is 0.495 e. The van der Waals surface area contributed by atoms with Crippen LogP contribution in [0.3, 0.4) is 0 Å². The highest BCUT2D eigenvalue weighted by molar-refractivity contribution is 5.68. The molecule has 3 heteroatoms. The molecule has 20 heavy (non-hydrogen) atoms. The molecule has 112 valence electrons. The Morgan fingerprint density at radius 1 is 1.45 bits per heavy atom. The van der Waals surface area contributed by atoms with Gasteiger partial charge in [0, 0.05) is 6.42 Å². The van der Waals surface area contributed by atoms with E-state index >= 15 is 0 Å². The first-order valence-corrected chi connectivity index (χ1v) is 7.76. The smallest absolute Gasteiger partial charge is 0.305 e. The Labute approximate surface area is 122 Å². The van der Waals surface area contributed by atoms with Crippen molar-refractivity contribution in [3.05, 3.63) is 24.5 Å². The van der Waals surface area contributed by atoms with Crippen molar-refractivity contribution in [3.63, 3.8) is 0 Å². The minimum absolute atomic E-state index is 0.0842. The number of carbonyl (C=O) groups excluding carboxylic acids is 1. The number of fused-ring (bicyclic) bond motifs is 1. The topological polar surface area (TPSA) is 35.5 Å². The summed E-state index contributed by atoms with van der Waals surface area (Å²) in [6.45, 7) is 3.64. The molecular weight excluding hydrogens is 252 g/mol. The number of ether oxygens (including phenoxy) is 2. The summed E-state index contributed by atoms with van der Waals surface area (Å²) >= 11 is 0. The number of hydrogen-bond acceptors (Lipinski definition) is 3. The first kappa shape index (κ1) is 15.1. The molecule has 0 aromatic rings. The summed E-state index contributed by atoms with van der Waals surface area (Å²) in [7, 11) is 1.46. The lowest BCUT2D eigenvalue weighted by molar-refractivity contribution is -0.140. The lowest BCUT2D eigenvalue weighted by Crippen LogP contribution is -2.17. The van der Waals surface area contributed by atoms with Crippen LogP contribution in [0, 0.1) is 11.8 Å². The van der Waals surface area contributed by atoms with Crippen LogP contribution in [-0.4, -0.2) is 19.2 Å². The summed E-state index contributed by atoms with van der Waals surface area (Å²) in [6.07, 6.45) is 13.0. The van der Waals surface area contributed by atoms with Crippen LogP contribution < -0.4 is 0 Å². The Kier molecular flexibility index (Phi) is 5.69. The predicted octanol–water partition coefficient (Wildman–Crippen LogP) is 3.99. The summed E-state index contributed by atoms with van der Waals surface area (Å²) < 4.78 is 10.2. The van der Waals surface area contributed by atoms with Gasteiger partial charge < -0.3 is 9.47 Å². The molecule has 0 unspecified atom stereocenters. The zero-order chi connectivity index (χ0) is 14.4. The normalized spacial score (nSPS) is 28.4. The lowest BCUT2D eigenvalue weighted by Gasteiger charge is -2.28. The maximum atomic E-state index is 11.1. The SMILES string of the molecule is C=CO[C@H]1C=C2CC[C@@H](CCCCC(=O)OC)C[C@H]2C1. The lowest BCUT2D eigenvalue weighted by atomic mass is 9.77. The van der Waals surface area contributed by atoms with Gasteiger partial charge in [0.1, 0.15) is 6.10 Å². The van der Waals surface area contributed by atoms with Crippen molar-refractivity contribution in [2.75, 3.05) is 7.11 Å². The molecule has 2 rings (SSSR count). The molecule has 0 amide bonds. The molecule has 0 spiro atoms. The number of rotatable bonds is 7. The van der Waals surface area contributed by atoms with E-state index in [1.165, 1.54) is 32.8 Å². The zero-order valence-corrected chi connectivity index (χ0v) is 12.5. The summed E-state index contributed by atoms with van der Waals surface area (Å²) in [5, 5.41) is 0. The van der Waals surface area contributed by atoms with Crippen LogP contribution in [-0.2, 0) is 14.3 Å². The van der Waals surface area contributed by atoms with Crippen molar-refractivity contribution < 1.29 is 14.3 Å². The van der Waals surface area contributed by atoms with Gasteiger partial charge in [-0.1, -0.05) is 25.0 Å². The third-order valence-electron chi connectivity index (χ3n) is 4.64. The first-order valence-electron chi connectivity index (χ1n) is 7.76. The molecule has 1 saturated carbocycles. The highest BCUT2D eigenvalue weighted by atomic mass is 16.5. The van der Waals surface area contributed by atoms with Crippen LogP contribution in [0.5, 0.6) is 0 Å². The molecule has 0 aromatic heterocycles. The van der Waals surface area contributed by atoms with Crippen molar-refractivity contribution in [1.82, 2.24) is 0 Å². The molecule has 3 nitrogen and oxygen atoms in total. The number of unbranched alkanes of at least 4 members (excludes halogenated alkanes) is 1. The van der Waals surface area contributed by atoms with Gasteiger partial charge in [-0.2, -0.15) is 0 Å².